The fourth-order valence-corrected chi connectivity index (χ4v) is 1.40. The van der Waals surface area contributed by atoms with Crippen LogP contribution >= 0.6 is 0 Å². The Morgan fingerprint density at radius 1 is 1.31 bits per heavy atom. The van der Waals surface area contributed by atoms with Gasteiger partial charge in [-0.05, 0) is 17.7 Å². The van der Waals surface area contributed by atoms with E-state index in [1.807, 2.05) is 24.3 Å². The van der Waals surface area contributed by atoms with Crippen LogP contribution in [-0.2, 0) is 13.0 Å². The molecule has 1 heterocycles. The third kappa shape index (κ3) is 2.38. The topological polar surface area (TPSA) is 74.2 Å². The lowest BCUT2D eigenvalue weighted by Crippen LogP contribution is -1.95. The summed E-state index contributed by atoms with van der Waals surface area (Å²) in [6, 6.07) is 7.73. The quantitative estimate of drug-likeness (QED) is 0.834. The van der Waals surface area contributed by atoms with Gasteiger partial charge in [0.15, 0.2) is 0 Å². The molecule has 16 heavy (non-hydrogen) atoms. The van der Waals surface area contributed by atoms with Gasteiger partial charge in [0, 0.05) is 0 Å². The highest BCUT2D eigenvalue weighted by atomic mass is 16.5. The fraction of sp³-hybridized carbons (Fsp3) is 0.273. The number of aromatic nitrogens is 2. The first-order valence-corrected chi connectivity index (χ1v) is 4.96. The second kappa shape index (κ2) is 4.76. The summed E-state index contributed by atoms with van der Waals surface area (Å²) in [4.78, 5) is 0. The summed E-state index contributed by atoms with van der Waals surface area (Å²) in [5.74, 6) is 1.84. The molecule has 2 N–H and O–H groups in total. The van der Waals surface area contributed by atoms with Crippen molar-refractivity contribution in [3.8, 4) is 5.75 Å². The number of hydrogen-bond acceptors (Lipinski definition) is 5. The molecule has 0 fully saturated rings. The molecular formula is C11H13N3O2. The highest BCUT2D eigenvalue weighted by molar-refractivity contribution is 5.29. The van der Waals surface area contributed by atoms with E-state index >= 15 is 0 Å². The SMILES string of the molecule is COc1cccc(Cc2nnc(CN)o2)c1. The van der Waals surface area contributed by atoms with Crippen molar-refractivity contribution in [2.24, 2.45) is 5.73 Å². The lowest BCUT2D eigenvalue weighted by atomic mass is 10.1. The lowest BCUT2D eigenvalue weighted by Gasteiger charge is -2.01. The smallest absolute Gasteiger partial charge is 0.230 e. The molecule has 0 radical (unpaired) electrons. The van der Waals surface area contributed by atoms with Crippen LogP contribution in [-0.4, -0.2) is 17.3 Å². The Morgan fingerprint density at radius 3 is 2.81 bits per heavy atom. The molecule has 0 saturated carbocycles. The highest BCUT2D eigenvalue weighted by Gasteiger charge is 2.05. The van der Waals surface area contributed by atoms with E-state index in [0.717, 1.165) is 11.3 Å². The van der Waals surface area contributed by atoms with Crippen LogP contribution in [0.5, 0.6) is 5.75 Å². The van der Waals surface area contributed by atoms with Gasteiger partial charge in [-0.25, -0.2) is 0 Å². The Hall–Kier alpha value is -1.88. The minimum atomic E-state index is 0.269. The van der Waals surface area contributed by atoms with Gasteiger partial charge in [0.05, 0.1) is 20.1 Å². The first-order valence-electron chi connectivity index (χ1n) is 4.96. The predicted molar refractivity (Wildman–Crippen MR) is 58.0 cm³/mol. The number of hydrogen-bond donors (Lipinski definition) is 1. The zero-order valence-corrected chi connectivity index (χ0v) is 9.01. The van der Waals surface area contributed by atoms with Gasteiger partial charge in [0.2, 0.25) is 11.8 Å². The Labute approximate surface area is 93.2 Å². The summed E-state index contributed by atoms with van der Waals surface area (Å²) in [5, 5.41) is 7.70. The van der Waals surface area contributed by atoms with Crippen LogP contribution in [0.25, 0.3) is 0 Å². The highest BCUT2D eigenvalue weighted by Crippen LogP contribution is 2.15. The summed E-state index contributed by atoms with van der Waals surface area (Å²) in [5.41, 5.74) is 6.45. The van der Waals surface area contributed by atoms with Crippen molar-refractivity contribution in [1.29, 1.82) is 0 Å². The van der Waals surface area contributed by atoms with Crippen molar-refractivity contribution in [1.82, 2.24) is 10.2 Å². The number of methoxy groups -OCH3 is 1. The van der Waals surface area contributed by atoms with Crippen molar-refractivity contribution < 1.29 is 9.15 Å². The molecule has 0 spiro atoms. The maximum Gasteiger partial charge on any atom is 0.230 e. The predicted octanol–water partition coefficient (Wildman–Crippen LogP) is 1.13. The van der Waals surface area contributed by atoms with Crippen molar-refractivity contribution >= 4 is 0 Å². The standard InChI is InChI=1S/C11H13N3O2/c1-15-9-4-2-3-8(5-9)6-10-13-14-11(7-12)16-10/h2-5H,6-7,12H2,1H3. The van der Waals surface area contributed by atoms with Gasteiger partial charge < -0.3 is 14.9 Å². The Bertz CT molecular complexity index is 468. The van der Waals surface area contributed by atoms with Crippen LogP contribution in [0.15, 0.2) is 28.7 Å². The molecule has 0 atom stereocenters. The molecule has 84 valence electrons. The van der Waals surface area contributed by atoms with Crippen LogP contribution in [0.1, 0.15) is 17.3 Å². The van der Waals surface area contributed by atoms with E-state index in [1.165, 1.54) is 0 Å². The maximum absolute atomic E-state index is 5.39. The molecule has 0 aliphatic carbocycles. The molecule has 5 heteroatoms. The number of nitrogens with zero attached hydrogens (tertiary/aromatic N) is 2. The summed E-state index contributed by atoms with van der Waals surface area (Å²) in [7, 11) is 1.64. The lowest BCUT2D eigenvalue weighted by molar-refractivity contribution is 0.414. The molecule has 2 aromatic rings. The summed E-state index contributed by atoms with van der Waals surface area (Å²) in [6.07, 6.45) is 0.588. The molecule has 2 rings (SSSR count). The average molecular weight is 219 g/mol. The van der Waals surface area contributed by atoms with Gasteiger partial charge in [-0.1, -0.05) is 12.1 Å². The van der Waals surface area contributed by atoms with Crippen LogP contribution in [0.4, 0.5) is 0 Å². The van der Waals surface area contributed by atoms with Crippen molar-refractivity contribution in [3.63, 3.8) is 0 Å². The molecule has 5 nitrogen and oxygen atoms in total. The zero-order chi connectivity index (χ0) is 11.4. The molecule has 0 aliphatic heterocycles. The third-order valence-electron chi connectivity index (χ3n) is 2.17. The Kier molecular flexibility index (Phi) is 3.16. The fourth-order valence-electron chi connectivity index (χ4n) is 1.40. The van der Waals surface area contributed by atoms with E-state index in [2.05, 4.69) is 10.2 Å². The summed E-state index contributed by atoms with van der Waals surface area (Å²) >= 11 is 0. The molecule has 0 amide bonds. The van der Waals surface area contributed by atoms with Gasteiger partial charge in [-0.3, -0.25) is 0 Å². The number of ether oxygens (including phenoxy) is 1. The van der Waals surface area contributed by atoms with Gasteiger partial charge in [-0.15, -0.1) is 10.2 Å². The third-order valence-corrected chi connectivity index (χ3v) is 2.17. The van der Waals surface area contributed by atoms with Gasteiger partial charge >= 0.3 is 0 Å². The Balaban J connectivity index is 2.13. The van der Waals surface area contributed by atoms with E-state index in [-0.39, 0.29) is 6.54 Å². The van der Waals surface area contributed by atoms with Crippen LogP contribution in [0.2, 0.25) is 0 Å². The largest absolute Gasteiger partial charge is 0.497 e. The van der Waals surface area contributed by atoms with E-state index in [4.69, 9.17) is 14.9 Å². The van der Waals surface area contributed by atoms with Crippen molar-refractivity contribution in [3.05, 3.63) is 41.6 Å². The minimum Gasteiger partial charge on any atom is -0.497 e. The van der Waals surface area contributed by atoms with Crippen LogP contribution in [0.3, 0.4) is 0 Å². The molecule has 0 saturated heterocycles. The van der Waals surface area contributed by atoms with Gasteiger partial charge in [0.25, 0.3) is 0 Å². The van der Waals surface area contributed by atoms with E-state index in [0.29, 0.717) is 18.2 Å². The van der Waals surface area contributed by atoms with E-state index in [9.17, 15) is 0 Å². The molecule has 0 bridgehead atoms. The zero-order valence-electron chi connectivity index (χ0n) is 9.01. The molecule has 0 unspecified atom stereocenters. The first kappa shape index (κ1) is 10.6. The average Bonchev–Trinajstić information content (AvgIpc) is 2.77. The van der Waals surface area contributed by atoms with Gasteiger partial charge in [-0.2, -0.15) is 0 Å². The second-order valence-corrected chi connectivity index (χ2v) is 3.32. The monoisotopic (exact) mass is 219 g/mol. The molecule has 1 aromatic heterocycles. The second-order valence-electron chi connectivity index (χ2n) is 3.32. The normalized spacial score (nSPS) is 10.4. The first-order chi connectivity index (χ1) is 7.81. The van der Waals surface area contributed by atoms with E-state index < -0.39 is 0 Å². The maximum atomic E-state index is 5.39. The molecular weight excluding hydrogens is 206 g/mol. The minimum absolute atomic E-state index is 0.269. The summed E-state index contributed by atoms with van der Waals surface area (Å²) in [6.45, 7) is 0.269. The van der Waals surface area contributed by atoms with Crippen molar-refractivity contribution in [2.45, 2.75) is 13.0 Å². The number of benzene rings is 1. The van der Waals surface area contributed by atoms with Crippen LogP contribution < -0.4 is 10.5 Å². The molecule has 1 aromatic carbocycles. The van der Waals surface area contributed by atoms with Crippen LogP contribution in [0, 0.1) is 0 Å². The number of rotatable bonds is 4. The van der Waals surface area contributed by atoms with Crippen molar-refractivity contribution in [2.75, 3.05) is 7.11 Å². The van der Waals surface area contributed by atoms with E-state index in [1.54, 1.807) is 7.11 Å². The number of nitrogens with two attached hydrogens (primary N) is 1. The Morgan fingerprint density at radius 2 is 2.12 bits per heavy atom. The summed E-state index contributed by atoms with van der Waals surface area (Å²) < 4.78 is 10.5. The van der Waals surface area contributed by atoms with Gasteiger partial charge in [0.1, 0.15) is 5.75 Å². The molecule has 0 aliphatic rings.